The van der Waals surface area contributed by atoms with E-state index in [9.17, 15) is 8.78 Å². The number of alkyl halides is 2. The second kappa shape index (κ2) is 6.23. The van der Waals surface area contributed by atoms with Crippen molar-refractivity contribution in [2.75, 3.05) is 12.4 Å². The van der Waals surface area contributed by atoms with E-state index in [1.807, 2.05) is 6.07 Å². The minimum Gasteiger partial charge on any atom is -0.487 e. The lowest BCUT2D eigenvalue weighted by Gasteiger charge is -2.14. The molecule has 1 fully saturated rings. The molecule has 0 saturated carbocycles. The third kappa shape index (κ3) is 4.33. The van der Waals surface area contributed by atoms with Gasteiger partial charge in [-0.25, -0.2) is 0 Å². The topological polar surface area (TPSA) is 9.23 Å². The molecule has 4 heteroatoms. The molecule has 1 nitrogen and oxygen atoms in total. The smallest absolute Gasteiger partial charge is 0.299 e. The molecule has 2 rings (SSSR count). The molecule has 1 unspecified atom stereocenters. The summed E-state index contributed by atoms with van der Waals surface area (Å²) in [5, 5.41) is 0.243. The third-order valence-corrected chi connectivity index (χ3v) is 4.04. The first-order valence-corrected chi connectivity index (χ1v) is 7.07. The van der Waals surface area contributed by atoms with E-state index >= 15 is 0 Å². The van der Waals surface area contributed by atoms with Gasteiger partial charge in [0.05, 0.1) is 0 Å². The molecule has 0 amide bonds. The lowest BCUT2D eigenvalue weighted by molar-refractivity contribution is 0.00492. The molecule has 0 bridgehead atoms. The highest BCUT2D eigenvalue weighted by atomic mass is 32.2. The van der Waals surface area contributed by atoms with Crippen molar-refractivity contribution < 1.29 is 13.5 Å². The minimum absolute atomic E-state index is 0.243. The molecule has 1 aliphatic heterocycles. The molecule has 18 heavy (non-hydrogen) atoms. The minimum atomic E-state index is -2.90. The van der Waals surface area contributed by atoms with E-state index in [1.165, 1.54) is 0 Å². The molecule has 1 aromatic carbocycles. The zero-order valence-electron chi connectivity index (χ0n) is 10.0. The fraction of sp³-hybridized carbons (Fsp3) is 0.429. The predicted octanol–water partition coefficient (Wildman–Crippen LogP) is 4.15. The van der Waals surface area contributed by atoms with E-state index in [2.05, 4.69) is 0 Å². The zero-order valence-corrected chi connectivity index (χ0v) is 10.8. The van der Waals surface area contributed by atoms with Gasteiger partial charge < -0.3 is 4.74 Å². The van der Waals surface area contributed by atoms with Gasteiger partial charge in [0.1, 0.15) is 5.75 Å². The summed E-state index contributed by atoms with van der Waals surface area (Å²) in [6, 6.07) is 8.69. The molecule has 1 aromatic rings. The van der Waals surface area contributed by atoms with Gasteiger partial charge in [0.25, 0.3) is 5.92 Å². The van der Waals surface area contributed by atoms with Gasteiger partial charge in [-0.1, -0.05) is 24.3 Å². The second-order valence-electron chi connectivity index (χ2n) is 4.27. The maximum absolute atomic E-state index is 13.5. The number of benzene rings is 1. The number of halogens is 2. The summed E-state index contributed by atoms with van der Waals surface area (Å²) in [4.78, 5) is 0. The van der Waals surface area contributed by atoms with Crippen LogP contribution in [0.15, 0.2) is 42.5 Å². The Morgan fingerprint density at radius 3 is 2.78 bits per heavy atom. The van der Waals surface area contributed by atoms with E-state index < -0.39 is 12.5 Å². The summed E-state index contributed by atoms with van der Waals surface area (Å²) in [5.74, 6) is -1.36. The van der Waals surface area contributed by atoms with Crippen LogP contribution in [0, 0.1) is 0 Å². The van der Waals surface area contributed by atoms with Crippen molar-refractivity contribution in [2.24, 2.45) is 0 Å². The number of hydrogen-bond acceptors (Lipinski definition) is 2. The van der Waals surface area contributed by atoms with Gasteiger partial charge in [0, 0.05) is 5.25 Å². The Balaban J connectivity index is 1.83. The Hall–Kier alpha value is -1.03. The van der Waals surface area contributed by atoms with E-state index in [1.54, 1.807) is 42.1 Å². The van der Waals surface area contributed by atoms with Crippen LogP contribution in [0.2, 0.25) is 0 Å². The zero-order chi connectivity index (χ0) is 12.8. The lowest BCUT2D eigenvalue weighted by Crippen LogP contribution is -2.23. The average molecular weight is 270 g/mol. The Morgan fingerprint density at radius 1 is 1.33 bits per heavy atom. The molecule has 1 aliphatic rings. The van der Waals surface area contributed by atoms with Crippen LogP contribution in [0.5, 0.6) is 5.75 Å². The molecular formula is C14H16F2OS. The Kier molecular flexibility index (Phi) is 4.64. The summed E-state index contributed by atoms with van der Waals surface area (Å²) < 4.78 is 32.2. The van der Waals surface area contributed by atoms with Crippen molar-refractivity contribution >= 4 is 11.8 Å². The molecular weight excluding hydrogens is 254 g/mol. The molecule has 0 aliphatic carbocycles. The Bertz CT molecular complexity index is 386. The molecule has 1 heterocycles. The SMILES string of the molecule is FC(F)(/C=C/C1CCCS1)COc1ccccc1. The summed E-state index contributed by atoms with van der Waals surface area (Å²) >= 11 is 1.74. The maximum atomic E-state index is 13.5. The van der Waals surface area contributed by atoms with Crippen molar-refractivity contribution in [1.82, 2.24) is 0 Å². The first kappa shape index (κ1) is 13.4. The molecule has 98 valence electrons. The third-order valence-electron chi connectivity index (χ3n) is 2.69. The molecule has 0 radical (unpaired) electrons. The van der Waals surface area contributed by atoms with Crippen LogP contribution < -0.4 is 4.74 Å². The Morgan fingerprint density at radius 2 is 2.11 bits per heavy atom. The predicted molar refractivity (Wildman–Crippen MR) is 71.5 cm³/mol. The number of hydrogen-bond donors (Lipinski definition) is 0. The lowest BCUT2D eigenvalue weighted by atomic mass is 10.2. The van der Waals surface area contributed by atoms with Crippen LogP contribution in [0.1, 0.15) is 12.8 Å². The number of para-hydroxylation sites is 1. The second-order valence-corrected chi connectivity index (χ2v) is 5.62. The fourth-order valence-corrected chi connectivity index (χ4v) is 2.91. The average Bonchev–Trinajstić information content (AvgIpc) is 2.89. The van der Waals surface area contributed by atoms with Gasteiger partial charge in [0.2, 0.25) is 0 Å². The highest BCUT2D eigenvalue weighted by Crippen LogP contribution is 2.28. The van der Waals surface area contributed by atoms with E-state index in [-0.39, 0.29) is 5.25 Å². The van der Waals surface area contributed by atoms with Gasteiger partial charge >= 0.3 is 0 Å². The fourth-order valence-electron chi connectivity index (χ4n) is 1.75. The van der Waals surface area contributed by atoms with Crippen LogP contribution in [-0.4, -0.2) is 23.5 Å². The normalized spacial score (nSPS) is 20.4. The van der Waals surface area contributed by atoms with Crippen molar-refractivity contribution in [1.29, 1.82) is 0 Å². The van der Waals surface area contributed by atoms with Crippen LogP contribution >= 0.6 is 11.8 Å². The van der Waals surface area contributed by atoms with E-state index in [0.29, 0.717) is 5.75 Å². The molecule has 0 N–H and O–H groups in total. The standard InChI is InChI=1S/C14H16F2OS/c15-14(16,9-8-13-7-4-10-18-13)11-17-12-5-2-1-3-6-12/h1-3,5-6,8-9,13H,4,7,10-11H2/b9-8+. The van der Waals surface area contributed by atoms with Gasteiger partial charge in [-0.15, -0.1) is 0 Å². The summed E-state index contributed by atoms with van der Waals surface area (Å²) in [5.41, 5.74) is 0. The largest absolute Gasteiger partial charge is 0.487 e. The van der Waals surface area contributed by atoms with E-state index in [4.69, 9.17) is 4.74 Å². The molecule has 0 spiro atoms. The van der Waals surface area contributed by atoms with Crippen molar-refractivity contribution in [2.45, 2.75) is 24.0 Å². The Labute approximate surface area is 110 Å². The highest BCUT2D eigenvalue weighted by Gasteiger charge is 2.27. The number of ether oxygens (including phenoxy) is 1. The van der Waals surface area contributed by atoms with Crippen LogP contribution in [0.3, 0.4) is 0 Å². The number of thioether (sulfide) groups is 1. The van der Waals surface area contributed by atoms with Crippen LogP contribution in [0.4, 0.5) is 8.78 Å². The maximum Gasteiger partial charge on any atom is 0.299 e. The highest BCUT2D eigenvalue weighted by molar-refractivity contribution is 8.00. The summed E-state index contributed by atoms with van der Waals surface area (Å²) in [6.45, 7) is -0.606. The van der Waals surface area contributed by atoms with E-state index in [0.717, 1.165) is 24.7 Å². The molecule has 1 saturated heterocycles. The number of rotatable bonds is 5. The van der Waals surface area contributed by atoms with Gasteiger partial charge in [-0.05, 0) is 36.8 Å². The van der Waals surface area contributed by atoms with Gasteiger partial charge in [0.15, 0.2) is 6.61 Å². The van der Waals surface area contributed by atoms with Crippen molar-refractivity contribution in [3.63, 3.8) is 0 Å². The monoisotopic (exact) mass is 270 g/mol. The first-order valence-electron chi connectivity index (χ1n) is 6.02. The molecule has 1 atom stereocenters. The first-order chi connectivity index (χ1) is 8.66. The van der Waals surface area contributed by atoms with Crippen LogP contribution in [0.25, 0.3) is 0 Å². The van der Waals surface area contributed by atoms with Crippen molar-refractivity contribution in [3.8, 4) is 5.75 Å². The van der Waals surface area contributed by atoms with Gasteiger partial charge in [-0.2, -0.15) is 20.5 Å². The molecule has 0 aromatic heterocycles. The van der Waals surface area contributed by atoms with Gasteiger partial charge in [-0.3, -0.25) is 0 Å². The van der Waals surface area contributed by atoms with Crippen LogP contribution in [-0.2, 0) is 0 Å². The summed E-state index contributed by atoms with van der Waals surface area (Å²) in [6.07, 6.45) is 4.72. The van der Waals surface area contributed by atoms with Crippen molar-refractivity contribution in [3.05, 3.63) is 42.5 Å². The summed E-state index contributed by atoms with van der Waals surface area (Å²) in [7, 11) is 0. The quantitative estimate of drug-likeness (QED) is 0.743.